The Bertz CT molecular complexity index is 159. The number of nitrogens with two attached hydrogens (primary N) is 1. The fourth-order valence-corrected chi connectivity index (χ4v) is 1.70. The van der Waals surface area contributed by atoms with Crippen LogP contribution in [0.4, 0.5) is 8.78 Å². The first-order valence-corrected chi connectivity index (χ1v) is 3.68. The molecule has 0 aromatic rings. The maximum Gasteiger partial charge on any atom is 0.245 e. The van der Waals surface area contributed by atoms with E-state index in [9.17, 15) is 8.78 Å². The lowest BCUT2D eigenvalue weighted by Gasteiger charge is -2.20. The molecule has 3 heteroatoms. The molecular weight excluding hydrogens is 136 g/mol. The van der Waals surface area contributed by atoms with Crippen molar-refractivity contribution in [3.63, 3.8) is 0 Å². The minimum atomic E-state index is -2.19. The van der Waals surface area contributed by atoms with Gasteiger partial charge >= 0.3 is 0 Å². The molecule has 0 aliphatic heterocycles. The third-order valence-corrected chi connectivity index (χ3v) is 2.99. The molecule has 10 heavy (non-hydrogen) atoms. The standard InChI is InChI=1S/C7H11F2N/c8-5(9)6(1-2-6)7(10)3-4-7/h5H,1-4,10H2. The first kappa shape index (κ1) is 6.53. The molecule has 2 aliphatic rings. The third-order valence-electron chi connectivity index (χ3n) is 2.99. The van der Waals surface area contributed by atoms with Crippen molar-refractivity contribution in [3.8, 4) is 0 Å². The zero-order valence-corrected chi connectivity index (χ0v) is 5.74. The van der Waals surface area contributed by atoms with E-state index in [0.717, 1.165) is 12.8 Å². The molecule has 0 heterocycles. The molecule has 1 nitrogen and oxygen atoms in total. The van der Waals surface area contributed by atoms with Gasteiger partial charge in [0.15, 0.2) is 0 Å². The van der Waals surface area contributed by atoms with Gasteiger partial charge in [0.25, 0.3) is 0 Å². The monoisotopic (exact) mass is 147 g/mol. The van der Waals surface area contributed by atoms with Crippen molar-refractivity contribution < 1.29 is 8.78 Å². The Balaban J connectivity index is 2.15. The molecule has 0 unspecified atom stereocenters. The van der Waals surface area contributed by atoms with E-state index in [-0.39, 0.29) is 0 Å². The molecule has 0 amide bonds. The van der Waals surface area contributed by atoms with Gasteiger partial charge in [-0.1, -0.05) is 0 Å². The fraction of sp³-hybridized carbons (Fsp3) is 1.00. The lowest BCUT2D eigenvalue weighted by atomic mass is 9.95. The van der Waals surface area contributed by atoms with Crippen LogP contribution in [0.15, 0.2) is 0 Å². The van der Waals surface area contributed by atoms with E-state index >= 15 is 0 Å². The van der Waals surface area contributed by atoms with E-state index in [0.29, 0.717) is 12.8 Å². The molecule has 0 radical (unpaired) electrons. The normalized spacial score (nSPS) is 32.4. The average Bonchev–Trinajstić information content (AvgIpc) is 2.55. The Hall–Kier alpha value is -0.180. The van der Waals surface area contributed by atoms with Crippen LogP contribution in [0.2, 0.25) is 0 Å². The molecular formula is C7H11F2N. The van der Waals surface area contributed by atoms with Crippen molar-refractivity contribution in [2.75, 3.05) is 0 Å². The Labute approximate surface area is 58.6 Å². The van der Waals surface area contributed by atoms with E-state index in [4.69, 9.17) is 5.73 Å². The predicted molar refractivity (Wildman–Crippen MR) is 33.8 cm³/mol. The Kier molecular flexibility index (Phi) is 0.994. The van der Waals surface area contributed by atoms with Crippen LogP contribution >= 0.6 is 0 Å². The predicted octanol–water partition coefficient (Wildman–Crippen LogP) is 1.52. The SMILES string of the molecule is NC1(C2(C(F)F)CC2)CC1. The summed E-state index contributed by atoms with van der Waals surface area (Å²) in [7, 11) is 0. The van der Waals surface area contributed by atoms with Crippen molar-refractivity contribution in [3.05, 3.63) is 0 Å². The number of hydrogen-bond acceptors (Lipinski definition) is 1. The van der Waals surface area contributed by atoms with E-state index in [1.165, 1.54) is 0 Å². The second-order valence-corrected chi connectivity index (χ2v) is 3.61. The van der Waals surface area contributed by atoms with Crippen LogP contribution in [0.25, 0.3) is 0 Å². The van der Waals surface area contributed by atoms with Gasteiger partial charge in [0.1, 0.15) is 0 Å². The quantitative estimate of drug-likeness (QED) is 0.629. The summed E-state index contributed by atoms with van der Waals surface area (Å²) in [6.07, 6.45) is 0.691. The van der Waals surface area contributed by atoms with Gasteiger partial charge in [0, 0.05) is 11.0 Å². The van der Waals surface area contributed by atoms with Crippen molar-refractivity contribution in [1.29, 1.82) is 0 Å². The summed E-state index contributed by atoms with van der Waals surface area (Å²) in [5.74, 6) is 0. The van der Waals surface area contributed by atoms with Gasteiger partial charge in [-0.15, -0.1) is 0 Å². The van der Waals surface area contributed by atoms with E-state index in [1.807, 2.05) is 0 Å². The van der Waals surface area contributed by atoms with Crippen LogP contribution in [0, 0.1) is 5.41 Å². The third kappa shape index (κ3) is 0.590. The van der Waals surface area contributed by atoms with Crippen LogP contribution in [-0.4, -0.2) is 12.0 Å². The molecule has 58 valence electrons. The molecule has 0 bridgehead atoms. The summed E-state index contributed by atoms with van der Waals surface area (Å²) in [5, 5.41) is 0. The van der Waals surface area contributed by atoms with Crippen LogP contribution < -0.4 is 5.73 Å². The zero-order valence-electron chi connectivity index (χ0n) is 5.74. The Morgan fingerprint density at radius 3 is 1.70 bits per heavy atom. The summed E-state index contributed by atoms with van der Waals surface area (Å²) in [6, 6.07) is 0. The molecule has 2 fully saturated rings. The molecule has 2 rings (SSSR count). The highest BCUT2D eigenvalue weighted by Gasteiger charge is 2.68. The highest BCUT2D eigenvalue weighted by Crippen LogP contribution is 2.65. The second kappa shape index (κ2) is 1.52. The summed E-state index contributed by atoms with van der Waals surface area (Å²) in [5.41, 5.74) is 4.48. The van der Waals surface area contributed by atoms with Gasteiger partial charge in [0.2, 0.25) is 6.43 Å². The highest BCUT2D eigenvalue weighted by atomic mass is 19.3. The first-order valence-electron chi connectivity index (χ1n) is 3.68. The molecule has 2 saturated carbocycles. The van der Waals surface area contributed by atoms with Crippen molar-refractivity contribution >= 4 is 0 Å². The van der Waals surface area contributed by atoms with Crippen molar-refractivity contribution in [1.82, 2.24) is 0 Å². The van der Waals surface area contributed by atoms with Gasteiger partial charge in [0.05, 0.1) is 0 Å². The Morgan fingerprint density at radius 1 is 1.10 bits per heavy atom. The lowest BCUT2D eigenvalue weighted by Crippen LogP contribution is -2.38. The molecule has 0 aromatic carbocycles. The zero-order chi connectivity index (χ0) is 7.41. The summed E-state index contributed by atoms with van der Waals surface area (Å²) in [4.78, 5) is 0. The van der Waals surface area contributed by atoms with Gasteiger partial charge in [-0.3, -0.25) is 0 Å². The number of alkyl halides is 2. The average molecular weight is 147 g/mol. The van der Waals surface area contributed by atoms with Crippen molar-refractivity contribution in [2.24, 2.45) is 11.1 Å². The molecule has 2 N–H and O–H groups in total. The largest absolute Gasteiger partial charge is 0.324 e. The van der Waals surface area contributed by atoms with Crippen LogP contribution in [0.3, 0.4) is 0 Å². The van der Waals surface area contributed by atoms with E-state index < -0.39 is 17.4 Å². The molecule has 0 atom stereocenters. The van der Waals surface area contributed by atoms with E-state index in [2.05, 4.69) is 0 Å². The molecule has 2 aliphatic carbocycles. The highest BCUT2D eigenvalue weighted by molar-refractivity contribution is 5.20. The van der Waals surface area contributed by atoms with Gasteiger partial charge in [-0.25, -0.2) is 8.78 Å². The topological polar surface area (TPSA) is 26.0 Å². The first-order chi connectivity index (χ1) is 4.61. The Morgan fingerprint density at radius 2 is 1.60 bits per heavy atom. The molecule has 0 aromatic heterocycles. The lowest BCUT2D eigenvalue weighted by molar-refractivity contribution is 0.0399. The minimum Gasteiger partial charge on any atom is -0.324 e. The molecule has 0 spiro atoms. The van der Waals surface area contributed by atoms with Crippen LogP contribution in [0.1, 0.15) is 25.7 Å². The van der Waals surface area contributed by atoms with Crippen molar-refractivity contribution in [2.45, 2.75) is 37.6 Å². The summed E-state index contributed by atoms with van der Waals surface area (Å²) in [6.45, 7) is 0. The van der Waals surface area contributed by atoms with E-state index in [1.54, 1.807) is 0 Å². The maximum atomic E-state index is 12.3. The molecule has 0 saturated heterocycles. The number of hydrogen-bond donors (Lipinski definition) is 1. The van der Waals surface area contributed by atoms with Gasteiger partial charge in [-0.2, -0.15) is 0 Å². The number of rotatable bonds is 2. The van der Waals surface area contributed by atoms with Crippen LogP contribution in [-0.2, 0) is 0 Å². The second-order valence-electron chi connectivity index (χ2n) is 3.61. The summed E-state index contributed by atoms with van der Waals surface area (Å²) < 4.78 is 24.7. The maximum absolute atomic E-state index is 12.3. The van der Waals surface area contributed by atoms with Crippen LogP contribution in [0.5, 0.6) is 0 Å². The minimum absolute atomic E-state index is 0.471. The van der Waals surface area contributed by atoms with Gasteiger partial charge in [-0.05, 0) is 25.7 Å². The summed E-state index contributed by atoms with van der Waals surface area (Å²) >= 11 is 0. The number of halogens is 2. The fourth-order valence-electron chi connectivity index (χ4n) is 1.70. The van der Waals surface area contributed by atoms with Gasteiger partial charge < -0.3 is 5.73 Å². The smallest absolute Gasteiger partial charge is 0.245 e.